The number of hydrogen-bond donors (Lipinski definition) is 1. The van der Waals surface area contributed by atoms with E-state index < -0.39 is 0 Å². The molecule has 2 aromatic carbocycles. The van der Waals surface area contributed by atoms with E-state index >= 15 is 0 Å². The van der Waals surface area contributed by atoms with Crippen molar-refractivity contribution < 1.29 is 14.0 Å². The van der Waals surface area contributed by atoms with Gasteiger partial charge in [-0.3, -0.25) is 9.69 Å². The molecule has 1 fully saturated rings. The third kappa shape index (κ3) is 5.59. The zero-order chi connectivity index (χ0) is 21.9. The lowest BCUT2D eigenvalue weighted by Crippen LogP contribution is -2.49. The normalized spacial score (nSPS) is 14.8. The first kappa shape index (κ1) is 21.8. The Morgan fingerprint density at radius 1 is 1.10 bits per heavy atom. The Bertz CT molecular complexity index is 919. The standard InChI is InChI=1S/C24H30FN3O2/c1-17-6-11-21(20(14-17)26-22(29)15-24(2,3)4)28-13-5-12-27(23(28)30)16-18-7-9-19(25)10-8-18/h6-11,14H,5,12-13,15-16H2,1-4H3,(H,26,29). The molecule has 160 valence electrons. The highest BCUT2D eigenvalue weighted by molar-refractivity contribution is 6.01. The fraction of sp³-hybridized carbons (Fsp3) is 0.417. The molecule has 5 nitrogen and oxygen atoms in total. The van der Waals surface area contributed by atoms with Crippen molar-refractivity contribution in [2.75, 3.05) is 23.3 Å². The zero-order valence-electron chi connectivity index (χ0n) is 18.2. The summed E-state index contributed by atoms with van der Waals surface area (Å²) in [7, 11) is 0. The first-order chi connectivity index (χ1) is 14.1. The largest absolute Gasteiger partial charge is 0.324 e. The van der Waals surface area contributed by atoms with Crippen LogP contribution in [0.15, 0.2) is 42.5 Å². The molecule has 30 heavy (non-hydrogen) atoms. The molecule has 1 saturated heterocycles. The van der Waals surface area contributed by atoms with Crippen LogP contribution in [0.25, 0.3) is 0 Å². The van der Waals surface area contributed by atoms with Crippen molar-refractivity contribution >= 4 is 23.3 Å². The fourth-order valence-corrected chi connectivity index (χ4v) is 3.62. The number of nitrogens with zero attached hydrogens (tertiary/aromatic N) is 2. The third-order valence-corrected chi connectivity index (χ3v) is 5.01. The van der Waals surface area contributed by atoms with E-state index in [1.54, 1.807) is 21.9 Å². The number of nitrogens with one attached hydrogen (secondary N) is 1. The molecule has 3 amide bonds. The maximum Gasteiger partial charge on any atom is 0.324 e. The topological polar surface area (TPSA) is 52.6 Å². The summed E-state index contributed by atoms with van der Waals surface area (Å²) >= 11 is 0. The number of halogens is 1. The van der Waals surface area contributed by atoms with Crippen LogP contribution < -0.4 is 10.2 Å². The average Bonchev–Trinajstić information content (AvgIpc) is 2.64. The molecular weight excluding hydrogens is 381 g/mol. The van der Waals surface area contributed by atoms with Crippen molar-refractivity contribution in [2.24, 2.45) is 5.41 Å². The van der Waals surface area contributed by atoms with E-state index in [0.717, 1.165) is 17.5 Å². The lowest BCUT2D eigenvalue weighted by atomic mass is 9.92. The lowest BCUT2D eigenvalue weighted by molar-refractivity contribution is -0.117. The summed E-state index contributed by atoms with van der Waals surface area (Å²) in [6.07, 6.45) is 1.21. The van der Waals surface area contributed by atoms with E-state index in [1.807, 2.05) is 45.9 Å². The third-order valence-electron chi connectivity index (χ3n) is 5.01. The number of aryl methyl sites for hydroxylation is 1. The number of benzene rings is 2. The number of carbonyl (C=O) groups is 2. The second-order valence-electron chi connectivity index (χ2n) is 9.14. The van der Waals surface area contributed by atoms with E-state index in [2.05, 4.69) is 5.32 Å². The summed E-state index contributed by atoms with van der Waals surface area (Å²) in [6, 6.07) is 11.8. The van der Waals surface area contributed by atoms with Crippen LogP contribution in [-0.2, 0) is 11.3 Å². The Hall–Kier alpha value is -2.89. The van der Waals surface area contributed by atoms with Crippen LogP contribution in [0.4, 0.5) is 20.6 Å². The quantitative estimate of drug-likeness (QED) is 0.722. The minimum absolute atomic E-state index is 0.0676. The maximum absolute atomic E-state index is 13.2. The van der Waals surface area contributed by atoms with Crippen molar-refractivity contribution in [3.05, 3.63) is 59.4 Å². The van der Waals surface area contributed by atoms with Crippen molar-refractivity contribution in [3.63, 3.8) is 0 Å². The molecule has 3 rings (SSSR count). The van der Waals surface area contributed by atoms with Gasteiger partial charge in [-0.1, -0.05) is 39.0 Å². The molecule has 0 aromatic heterocycles. The fourth-order valence-electron chi connectivity index (χ4n) is 3.62. The van der Waals surface area contributed by atoms with Gasteiger partial charge in [0.25, 0.3) is 0 Å². The van der Waals surface area contributed by atoms with Crippen LogP contribution >= 0.6 is 0 Å². The van der Waals surface area contributed by atoms with Gasteiger partial charge in [-0.05, 0) is 54.2 Å². The van der Waals surface area contributed by atoms with Gasteiger partial charge < -0.3 is 10.2 Å². The Balaban J connectivity index is 1.81. The summed E-state index contributed by atoms with van der Waals surface area (Å²) in [6.45, 7) is 9.67. The molecule has 0 unspecified atom stereocenters. The van der Waals surface area contributed by atoms with Gasteiger partial charge in [-0.2, -0.15) is 0 Å². The molecule has 1 aliphatic rings. The first-order valence-corrected chi connectivity index (χ1v) is 10.3. The zero-order valence-corrected chi connectivity index (χ0v) is 18.2. The summed E-state index contributed by atoms with van der Waals surface area (Å²) in [4.78, 5) is 29.2. The van der Waals surface area contributed by atoms with E-state index in [1.165, 1.54) is 12.1 Å². The lowest BCUT2D eigenvalue weighted by Gasteiger charge is -2.36. The Morgan fingerprint density at radius 2 is 1.80 bits per heavy atom. The van der Waals surface area contributed by atoms with E-state index in [9.17, 15) is 14.0 Å². The van der Waals surface area contributed by atoms with Crippen LogP contribution in [0.3, 0.4) is 0 Å². The summed E-state index contributed by atoms with van der Waals surface area (Å²) in [5, 5.41) is 3.00. The highest BCUT2D eigenvalue weighted by Gasteiger charge is 2.29. The second-order valence-corrected chi connectivity index (χ2v) is 9.14. The molecule has 1 heterocycles. The van der Waals surface area contributed by atoms with Gasteiger partial charge in [-0.25, -0.2) is 9.18 Å². The first-order valence-electron chi connectivity index (χ1n) is 10.3. The van der Waals surface area contributed by atoms with Crippen molar-refractivity contribution in [1.29, 1.82) is 0 Å². The Morgan fingerprint density at radius 3 is 2.47 bits per heavy atom. The predicted molar refractivity (Wildman–Crippen MR) is 118 cm³/mol. The molecule has 0 radical (unpaired) electrons. The van der Waals surface area contributed by atoms with Crippen molar-refractivity contribution in [1.82, 2.24) is 4.90 Å². The molecule has 0 aliphatic carbocycles. The molecule has 0 bridgehead atoms. The van der Waals surface area contributed by atoms with Crippen LogP contribution in [0.2, 0.25) is 0 Å². The number of hydrogen-bond acceptors (Lipinski definition) is 2. The highest BCUT2D eigenvalue weighted by atomic mass is 19.1. The Kier molecular flexibility index (Phi) is 6.44. The summed E-state index contributed by atoms with van der Waals surface area (Å²) < 4.78 is 13.2. The van der Waals surface area contributed by atoms with Gasteiger partial charge in [0.15, 0.2) is 0 Å². The Labute approximate surface area is 177 Å². The number of carbonyl (C=O) groups excluding carboxylic acids is 2. The van der Waals surface area contributed by atoms with E-state index in [4.69, 9.17) is 0 Å². The van der Waals surface area contributed by atoms with Gasteiger partial charge in [0, 0.05) is 26.1 Å². The van der Waals surface area contributed by atoms with Gasteiger partial charge in [-0.15, -0.1) is 0 Å². The van der Waals surface area contributed by atoms with Crippen LogP contribution in [0, 0.1) is 18.2 Å². The molecule has 1 N–H and O–H groups in total. The maximum atomic E-state index is 13.2. The molecule has 0 saturated carbocycles. The second kappa shape index (κ2) is 8.86. The SMILES string of the molecule is Cc1ccc(N2CCCN(Cc3ccc(F)cc3)C2=O)c(NC(=O)CC(C)(C)C)c1. The van der Waals surface area contributed by atoms with Gasteiger partial charge in [0.2, 0.25) is 5.91 Å². The smallest absolute Gasteiger partial charge is 0.324 e. The summed E-state index contributed by atoms with van der Waals surface area (Å²) in [5.74, 6) is -0.359. The van der Waals surface area contributed by atoms with Crippen molar-refractivity contribution in [3.8, 4) is 0 Å². The summed E-state index contributed by atoms with van der Waals surface area (Å²) in [5.41, 5.74) is 3.13. The monoisotopic (exact) mass is 411 g/mol. The molecule has 2 aromatic rings. The number of urea groups is 1. The molecule has 0 spiro atoms. The molecule has 0 atom stereocenters. The number of anilines is 2. The van der Waals surface area contributed by atoms with Crippen molar-refractivity contribution in [2.45, 2.75) is 47.1 Å². The average molecular weight is 412 g/mol. The van der Waals surface area contributed by atoms with Gasteiger partial charge >= 0.3 is 6.03 Å². The predicted octanol–water partition coefficient (Wildman–Crippen LogP) is 5.34. The van der Waals surface area contributed by atoms with Gasteiger partial charge in [0.05, 0.1) is 11.4 Å². The number of amides is 3. The van der Waals surface area contributed by atoms with Crippen LogP contribution in [0.5, 0.6) is 0 Å². The number of rotatable bonds is 5. The minimum atomic E-state index is -0.291. The molecule has 1 aliphatic heterocycles. The van der Waals surface area contributed by atoms with E-state index in [0.29, 0.717) is 37.4 Å². The molecular formula is C24H30FN3O2. The van der Waals surface area contributed by atoms with Crippen LogP contribution in [0.1, 0.15) is 44.7 Å². The van der Waals surface area contributed by atoms with Crippen LogP contribution in [-0.4, -0.2) is 29.9 Å². The molecule has 6 heteroatoms. The van der Waals surface area contributed by atoms with Gasteiger partial charge in [0.1, 0.15) is 5.82 Å². The van der Waals surface area contributed by atoms with E-state index in [-0.39, 0.29) is 23.2 Å². The minimum Gasteiger partial charge on any atom is -0.324 e. The highest BCUT2D eigenvalue weighted by Crippen LogP contribution is 2.31.